The molecule has 0 aromatic heterocycles. The molecule has 2 heterocycles. The highest BCUT2D eigenvalue weighted by molar-refractivity contribution is 5.99. The molecule has 0 saturated carbocycles. The zero-order valence-corrected chi connectivity index (χ0v) is 22.1. The molecule has 10 heteroatoms. The van der Waals surface area contributed by atoms with Crippen LogP contribution >= 0.6 is 0 Å². The molecule has 0 aromatic carbocycles. The lowest BCUT2D eigenvalue weighted by atomic mass is 9.48. The van der Waals surface area contributed by atoms with Crippen molar-refractivity contribution in [2.75, 3.05) is 0 Å². The number of carboxylic acid groups (broad SMARTS) is 4. The van der Waals surface area contributed by atoms with E-state index in [1.54, 1.807) is 0 Å². The Morgan fingerprint density at radius 2 is 0.914 bits per heavy atom. The average Bonchev–Trinajstić information content (AvgIpc) is 2.54. The molecule has 0 bridgehead atoms. The summed E-state index contributed by atoms with van der Waals surface area (Å²) < 4.78 is 0. The number of hydrogen-bond acceptors (Lipinski definition) is 6. The number of piperidine rings is 2. The van der Waals surface area contributed by atoms with Gasteiger partial charge in [-0.3, -0.25) is 19.2 Å². The Morgan fingerprint density at radius 1 is 0.629 bits per heavy atom. The second-order valence-electron chi connectivity index (χ2n) is 13.2. The largest absolute Gasteiger partial charge is 0.481 e. The Kier molecular flexibility index (Phi) is 7.49. The quantitative estimate of drug-likeness (QED) is 0.273. The standard InChI is InChI=1S/C25H42N2O8/c1-21(2)9-13(10-22(3,4)26-21)25(20(34)35,14-11-23(5,6)27-24(7,8)12-14)16(19(32)33)15(17(28)29)18(30)31/h13-16,26-27H,9-12H2,1-8H3,(H,28,29)(H,30,31)(H,32,33)(H,34,35). The van der Waals surface area contributed by atoms with Crippen molar-refractivity contribution < 1.29 is 39.6 Å². The number of carboxylic acids is 4. The maximum atomic E-state index is 13.5. The van der Waals surface area contributed by atoms with Gasteiger partial charge < -0.3 is 31.1 Å². The molecule has 2 saturated heterocycles. The average molecular weight is 499 g/mol. The molecular weight excluding hydrogens is 456 g/mol. The van der Waals surface area contributed by atoms with Gasteiger partial charge in [-0.25, -0.2) is 0 Å². The van der Waals surface area contributed by atoms with Crippen LogP contribution < -0.4 is 10.6 Å². The smallest absolute Gasteiger partial charge is 0.318 e. The van der Waals surface area contributed by atoms with Gasteiger partial charge in [0.25, 0.3) is 0 Å². The SMILES string of the molecule is CC1(C)CC(C(C(=O)O)(C2CC(C)(C)NC(C)(C)C2)C(C(=O)O)C(C(=O)O)C(=O)O)CC(C)(C)N1. The van der Waals surface area contributed by atoms with E-state index < -0.39 is 75.1 Å². The van der Waals surface area contributed by atoms with E-state index >= 15 is 0 Å². The third-order valence-electron chi connectivity index (χ3n) is 7.75. The van der Waals surface area contributed by atoms with Crippen LogP contribution in [-0.4, -0.2) is 66.5 Å². The summed E-state index contributed by atoms with van der Waals surface area (Å²) in [4.78, 5) is 50.6. The molecule has 2 aliphatic rings. The van der Waals surface area contributed by atoms with E-state index in [1.807, 2.05) is 55.4 Å². The van der Waals surface area contributed by atoms with Crippen molar-refractivity contribution in [3.05, 3.63) is 0 Å². The molecule has 1 atom stereocenters. The van der Waals surface area contributed by atoms with E-state index in [0.717, 1.165) is 0 Å². The summed E-state index contributed by atoms with van der Waals surface area (Å²) >= 11 is 0. The minimum atomic E-state index is -2.41. The molecule has 2 aliphatic heterocycles. The number of rotatable bonds is 8. The van der Waals surface area contributed by atoms with Crippen LogP contribution in [0.1, 0.15) is 81.1 Å². The van der Waals surface area contributed by atoms with Crippen LogP contribution in [-0.2, 0) is 19.2 Å². The van der Waals surface area contributed by atoms with Gasteiger partial charge in [0, 0.05) is 22.2 Å². The lowest BCUT2D eigenvalue weighted by Gasteiger charge is -2.59. The first-order valence-corrected chi connectivity index (χ1v) is 12.1. The minimum absolute atomic E-state index is 0.253. The van der Waals surface area contributed by atoms with E-state index in [2.05, 4.69) is 10.6 Å². The van der Waals surface area contributed by atoms with E-state index in [0.29, 0.717) is 0 Å². The van der Waals surface area contributed by atoms with Crippen molar-refractivity contribution in [2.24, 2.45) is 29.1 Å². The molecule has 0 radical (unpaired) electrons. The maximum absolute atomic E-state index is 13.5. The van der Waals surface area contributed by atoms with Gasteiger partial charge in [0.1, 0.15) is 0 Å². The third-order valence-corrected chi connectivity index (χ3v) is 7.75. The van der Waals surface area contributed by atoms with Gasteiger partial charge in [-0.2, -0.15) is 0 Å². The van der Waals surface area contributed by atoms with Crippen molar-refractivity contribution in [3.63, 3.8) is 0 Å². The Bertz CT molecular complexity index is 808. The fourth-order valence-electron chi connectivity index (χ4n) is 7.66. The Labute approximate surface area is 206 Å². The maximum Gasteiger partial charge on any atom is 0.318 e. The predicted octanol–water partition coefficient (Wildman–Crippen LogP) is 2.66. The fourth-order valence-corrected chi connectivity index (χ4v) is 7.66. The molecule has 1 unspecified atom stereocenters. The van der Waals surface area contributed by atoms with Gasteiger partial charge >= 0.3 is 23.9 Å². The molecular formula is C25H42N2O8. The topological polar surface area (TPSA) is 173 Å². The van der Waals surface area contributed by atoms with Gasteiger partial charge in [0.15, 0.2) is 5.92 Å². The van der Waals surface area contributed by atoms with E-state index in [9.17, 15) is 39.6 Å². The monoisotopic (exact) mass is 498 g/mol. The van der Waals surface area contributed by atoms with Crippen LogP contribution in [0, 0.1) is 29.1 Å². The number of hydrogen-bond donors (Lipinski definition) is 6. The fraction of sp³-hybridized carbons (Fsp3) is 0.840. The van der Waals surface area contributed by atoms with E-state index in [1.165, 1.54) is 0 Å². The summed E-state index contributed by atoms with van der Waals surface area (Å²) in [6.07, 6.45) is 1.01. The second-order valence-corrected chi connectivity index (χ2v) is 13.2. The van der Waals surface area contributed by atoms with Gasteiger partial charge in [-0.05, 0) is 92.9 Å². The number of carbonyl (C=O) groups is 4. The van der Waals surface area contributed by atoms with Crippen molar-refractivity contribution in [3.8, 4) is 0 Å². The molecule has 0 aromatic rings. The van der Waals surface area contributed by atoms with Crippen molar-refractivity contribution in [1.29, 1.82) is 0 Å². The molecule has 6 N–H and O–H groups in total. The zero-order chi connectivity index (χ0) is 27.4. The molecule has 0 amide bonds. The van der Waals surface area contributed by atoms with Crippen LogP contribution in [0.25, 0.3) is 0 Å². The van der Waals surface area contributed by atoms with Crippen molar-refractivity contribution in [1.82, 2.24) is 10.6 Å². The summed E-state index contributed by atoms with van der Waals surface area (Å²) in [7, 11) is 0. The van der Waals surface area contributed by atoms with Gasteiger partial charge in [0.05, 0.1) is 11.3 Å². The molecule has 0 spiro atoms. The highest BCUT2D eigenvalue weighted by Gasteiger charge is 2.67. The molecule has 200 valence electrons. The van der Waals surface area contributed by atoms with Gasteiger partial charge in [-0.15, -0.1) is 0 Å². The summed E-state index contributed by atoms with van der Waals surface area (Å²) in [5.74, 6) is -13.0. The van der Waals surface area contributed by atoms with Crippen LogP contribution in [0.4, 0.5) is 0 Å². The second kappa shape index (κ2) is 9.03. The summed E-state index contributed by atoms with van der Waals surface area (Å²) in [6.45, 7) is 15.2. The first-order valence-electron chi connectivity index (χ1n) is 12.1. The van der Waals surface area contributed by atoms with Gasteiger partial charge in [0.2, 0.25) is 0 Å². The van der Waals surface area contributed by atoms with Gasteiger partial charge in [-0.1, -0.05) is 0 Å². The third kappa shape index (κ3) is 5.80. The molecule has 2 fully saturated rings. The van der Waals surface area contributed by atoms with Crippen LogP contribution in [0.15, 0.2) is 0 Å². The van der Waals surface area contributed by atoms with Crippen LogP contribution in [0.2, 0.25) is 0 Å². The van der Waals surface area contributed by atoms with Crippen molar-refractivity contribution >= 4 is 23.9 Å². The highest BCUT2D eigenvalue weighted by atomic mass is 16.4. The first kappa shape index (κ1) is 29.0. The Balaban J connectivity index is 2.96. The lowest BCUT2D eigenvalue weighted by Crippen LogP contribution is -2.68. The lowest BCUT2D eigenvalue weighted by molar-refractivity contribution is -0.193. The minimum Gasteiger partial charge on any atom is -0.481 e. The first-order chi connectivity index (χ1) is 15.6. The van der Waals surface area contributed by atoms with Crippen molar-refractivity contribution in [2.45, 2.75) is 103 Å². The Morgan fingerprint density at radius 3 is 1.11 bits per heavy atom. The molecule has 10 nitrogen and oxygen atoms in total. The molecule has 2 rings (SSSR count). The van der Waals surface area contributed by atoms with Crippen LogP contribution in [0.3, 0.4) is 0 Å². The molecule has 0 aliphatic carbocycles. The van der Waals surface area contributed by atoms with Crippen LogP contribution in [0.5, 0.6) is 0 Å². The van der Waals surface area contributed by atoms with E-state index in [4.69, 9.17) is 0 Å². The summed E-state index contributed by atoms with van der Waals surface area (Å²) in [5, 5.41) is 48.0. The molecule has 35 heavy (non-hydrogen) atoms. The van der Waals surface area contributed by atoms with E-state index in [-0.39, 0.29) is 25.7 Å². The highest BCUT2D eigenvalue weighted by Crippen LogP contribution is 2.58. The number of aliphatic carboxylic acids is 4. The Hall–Kier alpha value is -2.20. The number of nitrogens with one attached hydrogen (secondary N) is 2. The summed E-state index contributed by atoms with van der Waals surface area (Å²) in [6, 6.07) is 0. The zero-order valence-electron chi connectivity index (χ0n) is 22.1. The summed E-state index contributed by atoms with van der Waals surface area (Å²) in [5.41, 5.74) is -4.49. The normalized spacial score (nSPS) is 25.1. The predicted molar refractivity (Wildman–Crippen MR) is 128 cm³/mol.